The molecule has 0 aliphatic rings. The van der Waals surface area contributed by atoms with E-state index in [0.717, 1.165) is 24.5 Å². The van der Waals surface area contributed by atoms with Crippen LogP contribution in [0.1, 0.15) is 13.3 Å². The molecule has 1 rings (SSSR count). The van der Waals surface area contributed by atoms with Crippen molar-refractivity contribution >= 4 is 11.5 Å². The molecule has 0 saturated heterocycles. The van der Waals surface area contributed by atoms with Crippen LogP contribution in [0.15, 0.2) is 48.0 Å². The molecule has 1 aromatic rings. The topological polar surface area (TPSA) is 24.4 Å². The smallest absolute Gasteiger partial charge is 0.124 e. The lowest BCUT2D eigenvalue weighted by atomic mass is 10.3. The lowest BCUT2D eigenvalue weighted by molar-refractivity contribution is 0.933. The third kappa shape index (κ3) is 3.44. The first kappa shape index (κ1) is 10.5. The van der Waals surface area contributed by atoms with Gasteiger partial charge in [0.25, 0.3) is 0 Å². The zero-order chi connectivity index (χ0) is 10.2. The lowest BCUT2D eigenvalue weighted by Gasteiger charge is -2.05. The summed E-state index contributed by atoms with van der Waals surface area (Å²) < 4.78 is 0. The van der Waals surface area contributed by atoms with E-state index in [1.807, 2.05) is 30.3 Å². The van der Waals surface area contributed by atoms with Gasteiger partial charge in [0.15, 0.2) is 0 Å². The van der Waals surface area contributed by atoms with Crippen molar-refractivity contribution in [1.82, 2.24) is 0 Å². The Morgan fingerprint density at radius 1 is 1.43 bits per heavy atom. The highest BCUT2D eigenvalue weighted by molar-refractivity contribution is 6.03. The molecular formula is C12H16N2. The van der Waals surface area contributed by atoms with Gasteiger partial charge in [-0.2, -0.15) is 0 Å². The van der Waals surface area contributed by atoms with Crippen molar-refractivity contribution in [3.63, 3.8) is 0 Å². The molecule has 0 fully saturated rings. The second-order valence-electron chi connectivity index (χ2n) is 2.96. The summed E-state index contributed by atoms with van der Waals surface area (Å²) in [6, 6.07) is 9.98. The van der Waals surface area contributed by atoms with Gasteiger partial charge in [-0.3, -0.25) is 4.99 Å². The molecule has 0 unspecified atom stereocenters. The Bertz CT molecular complexity index is 301. The molecule has 0 saturated carbocycles. The molecule has 0 spiro atoms. The van der Waals surface area contributed by atoms with E-state index in [9.17, 15) is 0 Å². The SMILES string of the molecule is C=CC(=NCCC)Nc1ccccc1. The van der Waals surface area contributed by atoms with Gasteiger partial charge < -0.3 is 5.32 Å². The predicted molar refractivity (Wildman–Crippen MR) is 62.9 cm³/mol. The summed E-state index contributed by atoms with van der Waals surface area (Å²) >= 11 is 0. The van der Waals surface area contributed by atoms with Crippen molar-refractivity contribution in [2.45, 2.75) is 13.3 Å². The fourth-order valence-corrected chi connectivity index (χ4v) is 1.06. The fraction of sp³-hybridized carbons (Fsp3) is 0.250. The van der Waals surface area contributed by atoms with Crippen molar-refractivity contribution in [2.24, 2.45) is 4.99 Å². The zero-order valence-electron chi connectivity index (χ0n) is 8.53. The molecule has 0 aliphatic carbocycles. The third-order valence-electron chi connectivity index (χ3n) is 1.75. The number of aliphatic imine (C=N–C) groups is 1. The van der Waals surface area contributed by atoms with Crippen LogP contribution in [0, 0.1) is 0 Å². The van der Waals surface area contributed by atoms with Crippen molar-refractivity contribution in [3.8, 4) is 0 Å². The molecule has 0 amide bonds. The van der Waals surface area contributed by atoms with E-state index >= 15 is 0 Å². The Morgan fingerprint density at radius 3 is 2.71 bits per heavy atom. The van der Waals surface area contributed by atoms with E-state index in [-0.39, 0.29) is 0 Å². The second kappa shape index (κ2) is 5.97. The quantitative estimate of drug-likeness (QED) is 0.570. The fourth-order valence-electron chi connectivity index (χ4n) is 1.06. The number of hydrogen-bond acceptors (Lipinski definition) is 1. The minimum atomic E-state index is 0.832. The Morgan fingerprint density at radius 2 is 2.14 bits per heavy atom. The van der Waals surface area contributed by atoms with E-state index in [0.29, 0.717) is 0 Å². The molecule has 2 nitrogen and oxygen atoms in total. The van der Waals surface area contributed by atoms with Gasteiger partial charge in [0, 0.05) is 12.2 Å². The van der Waals surface area contributed by atoms with Crippen LogP contribution in [0.2, 0.25) is 0 Å². The van der Waals surface area contributed by atoms with Gasteiger partial charge in [0.1, 0.15) is 5.84 Å². The Labute approximate surface area is 85.4 Å². The number of amidine groups is 1. The molecular weight excluding hydrogens is 172 g/mol. The Hall–Kier alpha value is -1.57. The minimum absolute atomic E-state index is 0.832. The van der Waals surface area contributed by atoms with Crippen molar-refractivity contribution in [2.75, 3.05) is 11.9 Å². The van der Waals surface area contributed by atoms with Gasteiger partial charge in [-0.15, -0.1) is 0 Å². The van der Waals surface area contributed by atoms with Crippen LogP contribution in [0.25, 0.3) is 0 Å². The average molecular weight is 188 g/mol. The van der Waals surface area contributed by atoms with Crippen LogP contribution in [0.4, 0.5) is 5.69 Å². The summed E-state index contributed by atoms with van der Waals surface area (Å²) in [7, 11) is 0. The predicted octanol–water partition coefficient (Wildman–Crippen LogP) is 3.09. The molecule has 1 N–H and O–H groups in total. The summed E-state index contributed by atoms with van der Waals surface area (Å²) in [4.78, 5) is 4.34. The molecule has 74 valence electrons. The number of nitrogens with zero attached hydrogens (tertiary/aromatic N) is 1. The number of para-hydroxylation sites is 1. The van der Waals surface area contributed by atoms with E-state index in [4.69, 9.17) is 0 Å². The van der Waals surface area contributed by atoms with E-state index in [1.165, 1.54) is 0 Å². The lowest BCUT2D eigenvalue weighted by Crippen LogP contribution is -2.08. The molecule has 0 heterocycles. The van der Waals surface area contributed by atoms with E-state index in [2.05, 4.69) is 23.8 Å². The normalized spacial score (nSPS) is 11.1. The first-order chi connectivity index (χ1) is 6.86. The maximum Gasteiger partial charge on any atom is 0.124 e. The standard InChI is InChI=1S/C12H16N2/c1-3-10-13-12(4-2)14-11-8-6-5-7-9-11/h4-9H,2-3,10H2,1H3,(H,13,14). The van der Waals surface area contributed by atoms with Gasteiger partial charge in [-0.25, -0.2) is 0 Å². The molecule has 0 bridgehead atoms. The molecule has 0 aromatic heterocycles. The highest BCUT2D eigenvalue weighted by Crippen LogP contribution is 2.05. The Kier molecular flexibility index (Phi) is 4.48. The maximum absolute atomic E-state index is 4.34. The summed E-state index contributed by atoms with van der Waals surface area (Å²) in [5.41, 5.74) is 1.04. The second-order valence-corrected chi connectivity index (χ2v) is 2.96. The largest absolute Gasteiger partial charge is 0.341 e. The first-order valence-electron chi connectivity index (χ1n) is 4.85. The molecule has 0 aliphatic heterocycles. The number of hydrogen-bond donors (Lipinski definition) is 1. The van der Waals surface area contributed by atoms with Gasteiger partial charge in [-0.05, 0) is 24.6 Å². The number of rotatable bonds is 4. The van der Waals surface area contributed by atoms with Crippen LogP contribution < -0.4 is 5.32 Å². The first-order valence-corrected chi connectivity index (χ1v) is 4.85. The monoisotopic (exact) mass is 188 g/mol. The molecule has 0 radical (unpaired) electrons. The van der Waals surface area contributed by atoms with Crippen LogP contribution in [0.5, 0.6) is 0 Å². The third-order valence-corrected chi connectivity index (χ3v) is 1.75. The summed E-state index contributed by atoms with van der Waals surface area (Å²) in [6.07, 6.45) is 2.79. The van der Waals surface area contributed by atoms with E-state index < -0.39 is 0 Å². The van der Waals surface area contributed by atoms with Crippen molar-refractivity contribution in [1.29, 1.82) is 0 Å². The molecule has 2 heteroatoms. The van der Waals surface area contributed by atoms with Crippen LogP contribution in [-0.2, 0) is 0 Å². The van der Waals surface area contributed by atoms with Gasteiger partial charge in [0.2, 0.25) is 0 Å². The molecule has 0 atom stereocenters. The maximum atomic E-state index is 4.34. The highest BCUT2D eigenvalue weighted by Gasteiger charge is 1.92. The zero-order valence-corrected chi connectivity index (χ0v) is 8.53. The van der Waals surface area contributed by atoms with Gasteiger partial charge >= 0.3 is 0 Å². The van der Waals surface area contributed by atoms with Gasteiger partial charge in [-0.1, -0.05) is 31.7 Å². The molecule has 14 heavy (non-hydrogen) atoms. The van der Waals surface area contributed by atoms with Crippen LogP contribution in [0.3, 0.4) is 0 Å². The molecule has 1 aromatic carbocycles. The van der Waals surface area contributed by atoms with Crippen LogP contribution >= 0.6 is 0 Å². The summed E-state index contributed by atoms with van der Waals surface area (Å²) in [6.45, 7) is 6.66. The number of nitrogens with one attached hydrogen (secondary N) is 1. The van der Waals surface area contributed by atoms with Crippen molar-refractivity contribution in [3.05, 3.63) is 43.0 Å². The number of anilines is 1. The van der Waals surface area contributed by atoms with Crippen molar-refractivity contribution < 1.29 is 0 Å². The average Bonchev–Trinajstić information content (AvgIpc) is 2.25. The number of benzene rings is 1. The van der Waals surface area contributed by atoms with E-state index in [1.54, 1.807) is 6.08 Å². The van der Waals surface area contributed by atoms with Crippen LogP contribution in [-0.4, -0.2) is 12.4 Å². The minimum Gasteiger partial charge on any atom is -0.341 e. The van der Waals surface area contributed by atoms with Gasteiger partial charge in [0.05, 0.1) is 0 Å². The highest BCUT2D eigenvalue weighted by atomic mass is 15.0. The Balaban J connectivity index is 2.61. The summed E-state index contributed by atoms with van der Waals surface area (Å²) in [5, 5.41) is 3.20. The summed E-state index contributed by atoms with van der Waals surface area (Å²) in [5.74, 6) is 0.832.